The van der Waals surface area contributed by atoms with Crippen molar-refractivity contribution in [3.05, 3.63) is 69.2 Å². The average Bonchev–Trinajstić information content (AvgIpc) is 3.35. The molecule has 0 spiro atoms. The highest BCUT2D eigenvalue weighted by Gasteiger charge is 2.36. The first-order chi connectivity index (χ1) is 15.5. The van der Waals surface area contributed by atoms with Gasteiger partial charge >= 0.3 is 11.9 Å². The molecular weight excluding hydrogens is 451 g/mol. The van der Waals surface area contributed by atoms with Crippen molar-refractivity contribution in [3.8, 4) is 0 Å². The molecule has 168 valence electrons. The Kier molecular flexibility index (Phi) is 6.63. The molecule has 8 heteroatoms. The number of allylic oxidation sites excluding steroid dienone is 2. The van der Waals surface area contributed by atoms with Crippen LogP contribution in [0, 0.1) is 0 Å². The van der Waals surface area contributed by atoms with E-state index in [1.165, 1.54) is 0 Å². The summed E-state index contributed by atoms with van der Waals surface area (Å²) in [6.07, 6.45) is 6.59. The molecular formula is C24H24Cl2N2O4. The molecule has 0 amide bonds. The van der Waals surface area contributed by atoms with Crippen LogP contribution >= 0.6 is 23.2 Å². The maximum absolute atomic E-state index is 11.9. The number of rotatable bonds is 4. The van der Waals surface area contributed by atoms with Gasteiger partial charge in [0.1, 0.15) is 21.7 Å². The molecule has 6 nitrogen and oxygen atoms in total. The summed E-state index contributed by atoms with van der Waals surface area (Å²) in [5.74, 6) is 0.0114. The molecule has 3 aliphatic carbocycles. The van der Waals surface area contributed by atoms with Crippen molar-refractivity contribution in [2.24, 2.45) is 0 Å². The van der Waals surface area contributed by atoms with Gasteiger partial charge in [0.05, 0.1) is 13.2 Å². The molecule has 0 saturated heterocycles. The fourth-order valence-corrected chi connectivity index (χ4v) is 5.01. The van der Waals surface area contributed by atoms with Crippen molar-refractivity contribution in [3.63, 3.8) is 0 Å². The summed E-state index contributed by atoms with van der Waals surface area (Å²) >= 11 is 12.2. The van der Waals surface area contributed by atoms with Gasteiger partial charge in [0.15, 0.2) is 0 Å². The molecule has 32 heavy (non-hydrogen) atoms. The Balaban J connectivity index is 0.000000155. The number of halogens is 2. The van der Waals surface area contributed by atoms with Crippen molar-refractivity contribution in [2.45, 2.75) is 38.5 Å². The molecule has 3 aliphatic rings. The van der Waals surface area contributed by atoms with E-state index in [0.717, 1.165) is 34.7 Å². The van der Waals surface area contributed by atoms with E-state index in [2.05, 4.69) is 22.1 Å². The van der Waals surface area contributed by atoms with E-state index in [1.54, 1.807) is 13.8 Å². The second-order valence-corrected chi connectivity index (χ2v) is 8.37. The van der Waals surface area contributed by atoms with Crippen LogP contribution in [0.1, 0.15) is 70.6 Å². The van der Waals surface area contributed by atoms with Crippen molar-refractivity contribution in [1.29, 1.82) is 0 Å². The lowest BCUT2D eigenvalue weighted by Gasteiger charge is -2.31. The summed E-state index contributed by atoms with van der Waals surface area (Å²) in [7, 11) is 0. The van der Waals surface area contributed by atoms with Crippen LogP contribution in [0.5, 0.6) is 0 Å². The first-order valence-electron chi connectivity index (χ1n) is 10.7. The maximum atomic E-state index is 11.9. The SMILES string of the molecule is CCOC(=O)c1[nH]c(Cl)c2c1C1C=CC2CC1.CCOC(=O)c1[nH]c(Cl)c2ccccc12. The third kappa shape index (κ3) is 4.05. The molecule has 0 fully saturated rings. The monoisotopic (exact) mass is 474 g/mol. The summed E-state index contributed by atoms with van der Waals surface area (Å²) in [5, 5.41) is 2.69. The molecule has 6 rings (SSSR count). The Hall–Kier alpha value is -2.70. The van der Waals surface area contributed by atoms with Gasteiger partial charge in [-0.15, -0.1) is 0 Å². The summed E-state index contributed by atoms with van der Waals surface area (Å²) in [6, 6.07) is 7.42. The lowest BCUT2D eigenvalue weighted by Crippen LogP contribution is -2.18. The van der Waals surface area contributed by atoms with Crippen LogP contribution in [0.3, 0.4) is 0 Å². The Morgan fingerprint density at radius 2 is 1.38 bits per heavy atom. The zero-order valence-electron chi connectivity index (χ0n) is 17.8. The zero-order chi connectivity index (χ0) is 22.8. The molecule has 3 aromatic rings. The lowest BCUT2D eigenvalue weighted by atomic mass is 9.72. The molecule has 2 aromatic heterocycles. The fraction of sp³-hybridized carbons (Fsp3) is 0.333. The predicted molar refractivity (Wildman–Crippen MR) is 125 cm³/mol. The van der Waals surface area contributed by atoms with Crippen LogP contribution < -0.4 is 0 Å². The predicted octanol–water partition coefficient (Wildman–Crippen LogP) is 6.37. The molecule has 0 radical (unpaired) electrons. The minimum atomic E-state index is -0.374. The highest BCUT2D eigenvalue weighted by atomic mass is 35.5. The number of hydrogen-bond acceptors (Lipinski definition) is 4. The van der Waals surface area contributed by atoms with Crippen LogP contribution in [-0.2, 0) is 9.47 Å². The number of ether oxygens (including phenoxy) is 2. The highest BCUT2D eigenvalue weighted by Crippen LogP contribution is 2.49. The lowest BCUT2D eigenvalue weighted by molar-refractivity contribution is 0.0510. The standard InChI is InChI=1S/C13H14ClNO2.C11H10ClNO2/c1-2-17-13(16)11-9-7-3-5-8(6-4-7)10(9)12(14)15-11;1-2-15-11(14)9-7-5-3-4-6-8(7)10(12)13-9/h3,5,7-8,15H,2,4,6H2,1H3;3-6,13H,2H2,1H3. The van der Waals surface area contributed by atoms with Crippen molar-refractivity contribution < 1.29 is 19.1 Å². The Morgan fingerprint density at radius 3 is 1.97 bits per heavy atom. The number of nitrogens with one attached hydrogen (secondary N) is 2. The van der Waals surface area contributed by atoms with Crippen molar-refractivity contribution >= 4 is 45.9 Å². The zero-order valence-corrected chi connectivity index (χ0v) is 19.3. The third-order valence-corrected chi connectivity index (χ3v) is 6.36. The second kappa shape index (κ2) is 9.43. The van der Waals surface area contributed by atoms with E-state index in [9.17, 15) is 9.59 Å². The van der Waals surface area contributed by atoms with Crippen LogP contribution in [0.2, 0.25) is 10.3 Å². The van der Waals surface area contributed by atoms with Crippen LogP contribution in [0.15, 0.2) is 36.4 Å². The van der Waals surface area contributed by atoms with E-state index in [-0.39, 0.29) is 11.9 Å². The molecule has 0 aliphatic heterocycles. The maximum Gasteiger partial charge on any atom is 0.355 e. The largest absolute Gasteiger partial charge is 0.461 e. The molecule has 2 N–H and O–H groups in total. The number of aromatic nitrogens is 2. The van der Waals surface area contributed by atoms with E-state index < -0.39 is 0 Å². The Bertz CT molecular complexity index is 1190. The van der Waals surface area contributed by atoms with E-state index in [1.807, 2.05) is 24.3 Å². The third-order valence-electron chi connectivity index (χ3n) is 5.76. The van der Waals surface area contributed by atoms with Gasteiger partial charge in [0.25, 0.3) is 0 Å². The number of fused-ring (bicyclic) bond motifs is 2. The summed E-state index contributed by atoms with van der Waals surface area (Å²) in [6.45, 7) is 4.31. The van der Waals surface area contributed by atoms with Gasteiger partial charge in [0.2, 0.25) is 0 Å². The van der Waals surface area contributed by atoms with Gasteiger partial charge in [-0.2, -0.15) is 0 Å². The molecule has 0 saturated carbocycles. The molecule has 2 unspecified atom stereocenters. The first-order valence-corrected chi connectivity index (χ1v) is 11.4. The van der Waals surface area contributed by atoms with Crippen molar-refractivity contribution in [2.75, 3.05) is 13.2 Å². The molecule has 2 atom stereocenters. The Labute approximate surface area is 195 Å². The minimum Gasteiger partial charge on any atom is -0.461 e. The number of H-pyrrole nitrogens is 2. The van der Waals surface area contributed by atoms with Gasteiger partial charge in [-0.25, -0.2) is 9.59 Å². The number of esters is 2. The highest BCUT2D eigenvalue weighted by molar-refractivity contribution is 6.35. The van der Waals surface area contributed by atoms with Crippen LogP contribution in [0.4, 0.5) is 0 Å². The summed E-state index contributed by atoms with van der Waals surface area (Å²) in [5.41, 5.74) is 3.13. The number of carbonyl (C=O) groups excluding carboxylic acids is 2. The second-order valence-electron chi connectivity index (χ2n) is 7.62. The number of hydrogen-bond donors (Lipinski definition) is 2. The molecule has 2 bridgehead atoms. The molecule has 1 aromatic carbocycles. The topological polar surface area (TPSA) is 84.2 Å². The van der Waals surface area contributed by atoms with Gasteiger partial charge in [-0.3, -0.25) is 0 Å². The first kappa shape index (κ1) is 22.5. The number of benzene rings is 1. The van der Waals surface area contributed by atoms with E-state index >= 15 is 0 Å². The van der Waals surface area contributed by atoms with E-state index in [4.69, 9.17) is 32.7 Å². The average molecular weight is 475 g/mol. The smallest absolute Gasteiger partial charge is 0.355 e. The van der Waals surface area contributed by atoms with Crippen molar-refractivity contribution in [1.82, 2.24) is 9.97 Å². The van der Waals surface area contributed by atoms with E-state index in [0.29, 0.717) is 46.7 Å². The van der Waals surface area contributed by atoms with Crippen LogP contribution in [-0.4, -0.2) is 35.1 Å². The normalized spacial score (nSPS) is 18.1. The number of carbonyl (C=O) groups is 2. The van der Waals surface area contributed by atoms with Gasteiger partial charge < -0.3 is 19.4 Å². The van der Waals surface area contributed by atoms with Crippen LogP contribution in [0.25, 0.3) is 10.8 Å². The quantitative estimate of drug-likeness (QED) is 0.339. The molecule has 2 heterocycles. The van der Waals surface area contributed by atoms with Gasteiger partial charge in [-0.1, -0.05) is 59.6 Å². The summed E-state index contributed by atoms with van der Waals surface area (Å²) in [4.78, 5) is 29.2. The van der Waals surface area contributed by atoms with Gasteiger partial charge in [0, 0.05) is 28.2 Å². The fourth-order valence-electron chi connectivity index (χ4n) is 4.41. The summed E-state index contributed by atoms with van der Waals surface area (Å²) < 4.78 is 9.98. The van der Waals surface area contributed by atoms with Gasteiger partial charge in [-0.05, 0) is 32.3 Å². The minimum absolute atomic E-state index is 0.295. The Morgan fingerprint density at radius 1 is 0.844 bits per heavy atom. The number of aromatic amines is 2.